The van der Waals surface area contributed by atoms with Gasteiger partial charge in [0.25, 0.3) is 0 Å². The van der Waals surface area contributed by atoms with Gasteiger partial charge in [-0.05, 0) is 31.3 Å². The Morgan fingerprint density at radius 3 is 2.62 bits per heavy atom. The van der Waals surface area contributed by atoms with E-state index >= 15 is 0 Å². The third-order valence-corrected chi connectivity index (χ3v) is 3.78. The van der Waals surface area contributed by atoms with Gasteiger partial charge in [-0.1, -0.05) is 11.6 Å². The molecule has 0 unspecified atom stereocenters. The van der Waals surface area contributed by atoms with Crippen LogP contribution in [0.4, 0.5) is 5.69 Å². The fourth-order valence-corrected chi connectivity index (χ4v) is 2.57. The van der Waals surface area contributed by atoms with Gasteiger partial charge < -0.3 is 15.2 Å². The first-order chi connectivity index (χ1) is 9.97. The maximum Gasteiger partial charge on any atom is 0.238 e. The monoisotopic (exact) mass is 312 g/mol. The number of carbonyl (C=O) groups excluding carboxylic acids is 1. The third-order valence-electron chi connectivity index (χ3n) is 3.53. The SMILES string of the molecule is CN(CC(=O)Nc1ccc(Cl)cc1)CC1(O)CCOCC1. The van der Waals surface area contributed by atoms with Crippen molar-refractivity contribution < 1.29 is 14.6 Å². The molecule has 1 aliphatic rings. The Morgan fingerprint density at radius 2 is 2.00 bits per heavy atom. The third kappa shape index (κ3) is 5.28. The number of aliphatic hydroxyl groups is 1. The molecule has 1 heterocycles. The highest BCUT2D eigenvalue weighted by Gasteiger charge is 2.31. The van der Waals surface area contributed by atoms with Crippen LogP contribution in [0.2, 0.25) is 5.02 Å². The van der Waals surface area contributed by atoms with E-state index in [0.717, 1.165) is 0 Å². The summed E-state index contributed by atoms with van der Waals surface area (Å²) >= 11 is 5.80. The molecule has 1 aliphatic heterocycles. The van der Waals surface area contributed by atoms with Crippen molar-refractivity contribution in [2.24, 2.45) is 0 Å². The summed E-state index contributed by atoms with van der Waals surface area (Å²) in [6.45, 7) is 1.83. The van der Waals surface area contributed by atoms with Crippen molar-refractivity contribution in [3.63, 3.8) is 0 Å². The number of halogens is 1. The minimum atomic E-state index is -0.756. The zero-order valence-electron chi connectivity index (χ0n) is 12.1. The van der Waals surface area contributed by atoms with Gasteiger partial charge in [0.15, 0.2) is 0 Å². The molecule has 0 saturated carbocycles. The lowest BCUT2D eigenvalue weighted by atomic mass is 9.94. The zero-order valence-corrected chi connectivity index (χ0v) is 12.9. The lowest BCUT2D eigenvalue weighted by molar-refractivity contribution is -0.118. The average Bonchev–Trinajstić information content (AvgIpc) is 2.41. The van der Waals surface area contributed by atoms with E-state index in [2.05, 4.69) is 5.32 Å². The molecule has 1 aromatic rings. The van der Waals surface area contributed by atoms with Crippen LogP contribution in [0.15, 0.2) is 24.3 Å². The first-order valence-corrected chi connectivity index (χ1v) is 7.39. The number of hydrogen-bond donors (Lipinski definition) is 2. The Hall–Kier alpha value is -1.14. The molecular weight excluding hydrogens is 292 g/mol. The molecule has 0 atom stereocenters. The molecule has 0 spiro atoms. The number of rotatable bonds is 5. The van der Waals surface area contributed by atoms with Gasteiger partial charge >= 0.3 is 0 Å². The molecule has 0 aliphatic carbocycles. The topological polar surface area (TPSA) is 61.8 Å². The molecular formula is C15H21ClN2O3. The number of amides is 1. The first-order valence-electron chi connectivity index (χ1n) is 7.01. The van der Waals surface area contributed by atoms with E-state index in [0.29, 0.717) is 43.3 Å². The molecule has 5 nitrogen and oxygen atoms in total. The van der Waals surface area contributed by atoms with Crippen molar-refractivity contribution >= 4 is 23.2 Å². The van der Waals surface area contributed by atoms with Gasteiger partial charge in [0.1, 0.15) is 0 Å². The average molecular weight is 313 g/mol. The molecule has 0 radical (unpaired) electrons. The van der Waals surface area contributed by atoms with Crippen LogP contribution in [0, 0.1) is 0 Å². The van der Waals surface area contributed by atoms with E-state index in [9.17, 15) is 9.90 Å². The summed E-state index contributed by atoms with van der Waals surface area (Å²) in [5, 5.41) is 13.8. The largest absolute Gasteiger partial charge is 0.388 e. The van der Waals surface area contributed by atoms with E-state index < -0.39 is 5.60 Å². The predicted molar refractivity (Wildman–Crippen MR) is 82.6 cm³/mol. The van der Waals surface area contributed by atoms with E-state index in [-0.39, 0.29) is 12.5 Å². The Morgan fingerprint density at radius 1 is 1.38 bits per heavy atom. The molecule has 116 valence electrons. The van der Waals surface area contributed by atoms with Gasteiger partial charge in [-0.15, -0.1) is 0 Å². The van der Waals surface area contributed by atoms with Crippen molar-refractivity contribution in [3.05, 3.63) is 29.3 Å². The van der Waals surface area contributed by atoms with Gasteiger partial charge in [0, 0.05) is 43.3 Å². The summed E-state index contributed by atoms with van der Waals surface area (Å²) < 4.78 is 5.25. The Labute approximate surface area is 129 Å². The lowest BCUT2D eigenvalue weighted by Crippen LogP contribution is -2.47. The minimum absolute atomic E-state index is 0.115. The maximum absolute atomic E-state index is 12.0. The number of likely N-dealkylation sites (N-methyl/N-ethyl adjacent to an activating group) is 1. The molecule has 1 amide bonds. The fraction of sp³-hybridized carbons (Fsp3) is 0.533. The van der Waals surface area contributed by atoms with Crippen molar-refractivity contribution in [2.45, 2.75) is 18.4 Å². The summed E-state index contributed by atoms with van der Waals surface area (Å²) in [4.78, 5) is 13.8. The number of ether oxygens (including phenoxy) is 1. The Kier molecular flexibility index (Phi) is 5.58. The molecule has 1 fully saturated rings. The maximum atomic E-state index is 12.0. The van der Waals surface area contributed by atoms with Crippen LogP contribution < -0.4 is 5.32 Å². The van der Waals surface area contributed by atoms with Crippen LogP contribution in [0.3, 0.4) is 0 Å². The molecule has 1 aromatic carbocycles. The molecule has 2 N–H and O–H groups in total. The van der Waals surface area contributed by atoms with Gasteiger partial charge in [-0.3, -0.25) is 9.69 Å². The number of anilines is 1. The zero-order chi connectivity index (χ0) is 15.3. The second-order valence-electron chi connectivity index (χ2n) is 5.56. The summed E-state index contributed by atoms with van der Waals surface area (Å²) in [7, 11) is 1.83. The summed E-state index contributed by atoms with van der Waals surface area (Å²) in [6.07, 6.45) is 1.21. The Balaban J connectivity index is 1.80. The highest BCUT2D eigenvalue weighted by molar-refractivity contribution is 6.30. The van der Waals surface area contributed by atoms with Crippen LogP contribution in [-0.4, -0.2) is 54.9 Å². The van der Waals surface area contributed by atoms with Gasteiger partial charge in [-0.2, -0.15) is 0 Å². The van der Waals surface area contributed by atoms with Crippen molar-refractivity contribution in [1.82, 2.24) is 4.90 Å². The smallest absolute Gasteiger partial charge is 0.238 e. The minimum Gasteiger partial charge on any atom is -0.388 e. The molecule has 21 heavy (non-hydrogen) atoms. The van der Waals surface area contributed by atoms with Crippen LogP contribution in [-0.2, 0) is 9.53 Å². The molecule has 0 bridgehead atoms. The van der Waals surface area contributed by atoms with Crippen molar-refractivity contribution in [1.29, 1.82) is 0 Å². The molecule has 1 saturated heterocycles. The van der Waals surface area contributed by atoms with Gasteiger partial charge in [-0.25, -0.2) is 0 Å². The second kappa shape index (κ2) is 7.22. The van der Waals surface area contributed by atoms with E-state index in [4.69, 9.17) is 16.3 Å². The van der Waals surface area contributed by atoms with Crippen LogP contribution in [0.1, 0.15) is 12.8 Å². The number of carbonyl (C=O) groups is 1. The quantitative estimate of drug-likeness (QED) is 0.869. The molecule has 2 rings (SSSR count). The summed E-state index contributed by atoms with van der Waals surface area (Å²) in [5.41, 5.74) is -0.0457. The van der Waals surface area contributed by atoms with E-state index in [1.54, 1.807) is 24.3 Å². The number of hydrogen-bond acceptors (Lipinski definition) is 4. The molecule has 0 aromatic heterocycles. The van der Waals surface area contributed by atoms with Crippen molar-refractivity contribution in [3.8, 4) is 0 Å². The van der Waals surface area contributed by atoms with Crippen LogP contribution in [0.25, 0.3) is 0 Å². The van der Waals surface area contributed by atoms with E-state index in [1.165, 1.54) is 0 Å². The highest BCUT2D eigenvalue weighted by Crippen LogP contribution is 2.21. The summed E-state index contributed by atoms with van der Waals surface area (Å²) in [6, 6.07) is 6.97. The number of nitrogens with zero attached hydrogens (tertiary/aromatic N) is 1. The Bertz CT molecular complexity index is 472. The molecule has 6 heteroatoms. The van der Waals surface area contributed by atoms with Gasteiger partial charge in [0.05, 0.1) is 12.1 Å². The number of benzene rings is 1. The van der Waals surface area contributed by atoms with Crippen molar-refractivity contribution in [2.75, 3.05) is 38.7 Å². The van der Waals surface area contributed by atoms with E-state index in [1.807, 2.05) is 11.9 Å². The second-order valence-corrected chi connectivity index (χ2v) is 6.00. The first kappa shape index (κ1) is 16.2. The lowest BCUT2D eigenvalue weighted by Gasteiger charge is -2.35. The normalized spacial score (nSPS) is 17.7. The standard InChI is InChI=1S/C15H21ClN2O3/c1-18(11-15(20)6-8-21-9-7-15)10-14(19)17-13-4-2-12(16)3-5-13/h2-5,20H,6-11H2,1H3,(H,17,19). The van der Waals surface area contributed by atoms with Crippen LogP contribution in [0.5, 0.6) is 0 Å². The summed E-state index contributed by atoms with van der Waals surface area (Å²) in [5.74, 6) is -0.115. The number of nitrogens with one attached hydrogen (secondary N) is 1. The fourth-order valence-electron chi connectivity index (χ4n) is 2.45. The van der Waals surface area contributed by atoms with Gasteiger partial charge in [0.2, 0.25) is 5.91 Å². The predicted octanol–water partition coefficient (Wildman–Crippen LogP) is 1.75. The highest BCUT2D eigenvalue weighted by atomic mass is 35.5. The van der Waals surface area contributed by atoms with Crippen LogP contribution >= 0.6 is 11.6 Å².